The Hall–Kier alpha value is -2.49. The van der Waals surface area contributed by atoms with Crippen LogP contribution in [-0.4, -0.2) is 19.7 Å². The summed E-state index contributed by atoms with van der Waals surface area (Å²) in [4.78, 5) is 11.7. The van der Waals surface area contributed by atoms with E-state index in [1.165, 1.54) is 0 Å². The summed E-state index contributed by atoms with van der Waals surface area (Å²) in [6.45, 7) is 2.50. The van der Waals surface area contributed by atoms with Gasteiger partial charge in [0.05, 0.1) is 7.11 Å². The van der Waals surface area contributed by atoms with Crippen LogP contribution in [0.1, 0.15) is 11.1 Å². The van der Waals surface area contributed by atoms with Gasteiger partial charge in [-0.05, 0) is 43.2 Å². The summed E-state index contributed by atoms with van der Waals surface area (Å²) in [5.41, 5.74) is 2.23. The first-order valence-corrected chi connectivity index (χ1v) is 6.82. The Morgan fingerprint density at radius 2 is 1.86 bits per heavy atom. The molecule has 0 radical (unpaired) electrons. The molecule has 110 valence electrons. The number of carbonyl (C=O) groups excluding carboxylic acids is 1. The lowest BCUT2D eigenvalue weighted by Gasteiger charge is -2.07. The van der Waals surface area contributed by atoms with Crippen LogP contribution in [0.4, 0.5) is 4.79 Å². The van der Waals surface area contributed by atoms with Gasteiger partial charge >= 0.3 is 6.09 Å². The highest BCUT2D eigenvalue weighted by atomic mass is 16.6. The third kappa shape index (κ3) is 4.84. The van der Waals surface area contributed by atoms with Crippen LogP contribution in [0.25, 0.3) is 0 Å². The zero-order valence-electron chi connectivity index (χ0n) is 12.3. The van der Waals surface area contributed by atoms with Gasteiger partial charge in [0.25, 0.3) is 0 Å². The van der Waals surface area contributed by atoms with E-state index in [0.29, 0.717) is 12.3 Å². The van der Waals surface area contributed by atoms with Crippen LogP contribution >= 0.6 is 0 Å². The second-order valence-electron chi connectivity index (χ2n) is 4.73. The van der Waals surface area contributed by atoms with Crippen molar-refractivity contribution in [2.24, 2.45) is 0 Å². The molecule has 4 nitrogen and oxygen atoms in total. The molecule has 0 aliphatic heterocycles. The van der Waals surface area contributed by atoms with Crippen LogP contribution < -0.4 is 14.8 Å². The highest BCUT2D eigenvalue weighted by Crippen LogP contribution is 2.13. The van der Waals surface area contributed by atoms with E-state index < -0.39 is 6.09 Å². The molecular weight excluding hydrogens is 266 g/mol. The van der Waals surface area contributed by atoms with Gasteiger partial charge < -0.3 is 14.8 Å². The second-order valence-corrected chi connectivity index (χ2v) is 4.73. The van der Waals surface area contributed by atoms with Crippen LogP contribution in [0.2, 0.25) is 0 Å². The van der Waals surface area contributed by atoms with Crippen molar-refractivity contribution in [3.05, 3.63) is 59.7 Å². The van der Waals surface area contributed by atoms with Gasteiger partial charge in [-0.15, -0.1) is 0 Å². The van der Waals surface area contributed by atoms with Crippen molar-refractivity contribution in [1.82, 2.24) is 5.32 Å². The van der Waals surface area contributed by atoms with Crippen molar-refractivity contribution in [2.45, 2.75) is 13.3 Å². The number of nitrogens with one attached hydrogen (secondary N) is 1. The number of rotatable bonds is 5. The molecule has 0 aromatic heterocycles. The Morgan fingerprint density at radius 3 is 2.57 bits per heavy atom. The van der Waals surface area contributed by atoms with Crippen LogP contribution in [0.3, 0.4) is 0 Å². The monoisotopic (exact) mass is 285 g/mol. The molecule has 0 saturated heterocycles. The first-order valence-electron chi connectivity index (χ1n) is 6.82. The number of ether oxygens (including phenoxy) is 2. The zero-order valence-corrected chi connectivity index (χ0v) is 12.3. The number of amides is 1. The van der Waals surface area contributed by atoms with E-state index in [2.05, 4.69) is 5.32 Å². The molecule has 4 heteroatoms. The number of hydrogen-bond donors (Lipinski definition) is 1. The van der Waals surface area contributed by atoms with Gasteiger partial charge in [-0.1, -0.05) is 29.8 Å². The molecule has 0 saturated carbocycles. The fourth-order valence-electron chi connectivity index (χ4n) is 1.89. The quantitative estimate of drug-likeness (QED) is 0.916. The van der Waals surface area contributed by atoms with E-state index >= 15 is 0 Å². The van der Waals surface area contributed by atoms with E-state index in [-0.39, 0.29) is 0 Å². The fourth-order valence-corrected chi connectivity index (χ4v) is 1.89. The van der Waals surface area contributed by atoms with Gasteiger partial charge in [-0.3, -0.25) is 0 Å². The van der Waals surface area contributed by atoms with Crippen LogP contribution in [0, 0.1) is 6.92 Å². The lowest BCUT2D eigenvalue weighted by Crippen LogP contribution is -2.28. The van der Waals surface area contributed by atoms with E-state index in [4.69, 9.17) is 9.47 Å². The fraction of sp³-hybridized carbons (Fsp3) is 0.235. The van der Waals surface area contributed by atoms with Gasteiger partial charge in [0.2, 0.25) is 0 Å². The van der Waals surface area contributed by atoms with Gasteiger partial charge in [-0.25, -0.2) is 4.79 Å². The Bertz CT molecular complexity index is 593. The van der Waals surface area contributed by atoms with Gasteiger partial charge in [-0.2, -0.15) is 0 Å². The topological polar surface area (TPSA) is 47.6 Å². The maximum atomic E-state index is 11.7. The molecule has 0 aliphatic rings. The van der Waals surface area contributed by atoms with E-state index in [1.54, 1.807) is 19.2 Å². The largest absolute Gasteiger partial charge is 0.497 e. The van der Waals surface area contributed by atoms with Gasteiger partial charge in [0.15, 0.2) is 0 Å². The molecule has 0 spiro atoms. The van der Waals surface area contributed by atoms with E-state index in [9.17, 15) is 4.79 Å². The van der Waals surface area contributed by atoms with Crippen molar-refractivity contribution in [2.75, 3.05) is 13.7 Å². The molecular formula is C17H19NO3. The Morgan fingerprint density at radius 1 is 1.10 bits per heavy atom. The molecule has 0 aliphatic carbocycles. The van der Waals surface area contributed by atoms with Crippen LogP contribution in [0.15, 0.2) is 48.5 Å². The standard InChI is InChI=1S/C17H19NO3/c1-13-6-8-15(9-7-13)21-17(19)18-11-10-14-4-3-5-16(12-14)20-2/h3-9,12H,10-11H2,1-2H3,(H,18,19). The minimum Gasteiger partial charge on any atom is -0.497 e. The van der Waals surface area contributed by atoms with Crippen molar-refractivity contribution in [3.8, 4) is 11.5 Å². The number of methoxy groups -OCH3 is 1. The first kappa shape index (κ1) is 14.9. The highest BCUT2D eigenvalue weighted by molar-refractivity contribution is 5.70. The van der Waals surface area contributed by atoms with Gasteiger partial charge in [0, 0.05) is 6.54 Å². The Balaban J connectivity index is 1.77. The molecule has 0 atom stereocenters. The number of hydrogen-bond acceptors (Lipinski definition) is 3. The third-order valence-electron chi connectivity index (χ3n) is 3.05. The summed E-state index contributed by atoms with van der Waals surface area (Å²) in [5, 5.41) is 2.73. The lowest BCUT2D eigenvalue weighted by molar-refractivity contribution is 0.200. The Labute approximate surface area is 124 Å². The molecule has 0 unspecified atom stereocenters. The predicted molar refractivity (Wildman–Crippen MR) is 81.9 cm³/mol. The summed E-state index contributed by atoms with van der Waals surface area (Å²) in [7, 11) is 1.64. The van der Waals surface area contributed by atoms with Crippen LogP contribution in [0.5, 0.6) is 11.5 Å². The molecule has 0 fully saturated rings. The third-order valence-corrected chi connectivity index (χ3v) is 3.05. The second kappa shape index (κ2) is 7.33. The summed E-state index contributed by atoms with van der Waals surface area (Å²) in [6, 6.07) is 15.1. The van der Waals surface area contributed by atoms with E-state index in [1.807, 2.05) is 43.3 Å². The number of benzene rings is 2. The van der Waals surface area contributed by atoms with Crippen molar-refractivity contribution in [1.29, 1.82) is 0 Å². The average molecular weight is 285 g/mol. The minimum atomic E-state index is -0.443. The number of carbonyl (C=O) groups is 1. The van der Waals surface area contributed by atoms with Crippen LogP contribution in [-0.2, 0) is 6.42 Å². The molecule has 21 heavy (non-hydrogen) atoms. The molecule has 2 rings (SSSR count). The molecule has 0 heterocycles. The molecule has 2 aromatic rings. The van der Waals surface area contributed by atoms with Crippen molar-refractivity contribution < 1.29 is 14.3 Å². The van der Waals surface area contributed by atoms with E-state index in [0.717, 1.165) is 23.3 Å². The molecule has 1 N–H and O–H groups in total. The summed E-state index contributed by atoms with van der Waals surface area (Å²) in [6.07, 6.45) is 0.280. The highest BCUT2D eigenvalue weighted by Gasteiger charge is 2.04. The molecule has 1 amide bonds. The summed E-state index contributed by atoms with van der Waals surface area (Å²) >= 11 is 0. The summed E-state index contributed by atoms with van der Waals surface area (Å²) in [5.74, 6) is 1.36. The summed E-state index contributed by atoms with van der Waals surface area (Å²) < 4.78 is 10.3. The van der Waals surface area contributed by atoms with Crippen molar-refractivity contribution >= 4 is 6.09 Å². The zero-order chi connectivity index (χ0) is 15.1. The predicted octanol–water partition coefficient (Wildman–Crippen LogP) is 3.33. The Kier molecular flexibility index (Phi) is 5.21. The maximum absolute atomic E-state index is 11.7. The smallest absolute Gasteiger partial charge is 0.412 e. The molecule has 0 bridgehead atoms. The first-order chi connectivity index (χ1) is 10.2. The maximum Gasteiger partial charge on any atom is 0.412 e. The average Bonchev–Trinajstić information content (AvgIpc) is 2.50. The molecule has 2 aromatic carbocycles. The lowest BCUT2D eigenvalue weighted by atomic mass is 10.1. The number of aryl methyl sites for hydroxylation is 1. The SMILES string of the molecule is COc1cccc(CCNC(=O)Oc2ccc(C)cc2)c1. The van der Waals surface area contributed by atoms with Crippen molar-refractivity contribution in [3.63, 3.8) is 0 Å². The normalized spacial score (nSPS) is 10.0. The minimum absolute atomic E-state index is 0.443. The van der Waals surface area contributed by atoms with Gasteiger partial charge in [0.1, 0.15) is 11.5 Å².